The van der Waals surface area contributed by atoms with Crippen molar-refractivity contribution >= 4 is 40.4 Å². The van der Waals surface area contributed by atoms with E-state index in [-0.39, 0.29) is 11.3 Å². The van der Waals surface area contributed by atoms with Gasteiger partial charge in [0.25, 0.3) is 11.4 Å². The maximum absolute atomic E-state index is 12.2. The van der Waals surface area contributed by atoms with Crippen molar-refractivity contribution in [3.8, 4) is 0 Å². The van der Waals surface area contributed by atoms with Gasteiger partial charge in [0.1, 0.15) is 11.4 Å². The molecule has 0 unspecified atom stereocenters. The molecule has 0 spiro atoms. The minimum atomic E-state index is -1.55. The molecule has 0 bridgehead atoms. The molecule has 0 saturated heterocycles. The molecule has 11 heteroatoms. The molecular weight excluding hydrogens is 382 g/mol. The molecule has 0 aliphatic rings. The van der Waals surface area contributed by atoms with Gasteiger partial charge in [0.15, 0.2) is 5.78 Å². The Labute approximate surface area is 156 Å². The highest BCUT2D eigenvalue weighted by atomic mass is 35.5. The van der Waals surface area contributed by atoms with Crippen LogP contribution < -0.4 is 5.32 Å². The van der Waals surface area contributed by atoms with Gasteiger partial charge in [0.2, 0.25) is 0 Å². The molecule has 0 heterocycles. The number of allylic oxidation sites excluding steroid dienone is 1. The van der Waals surface area contributed by atoms with Crippen molar-refractivity contribution in [3.63, 3.8) is 0 Å². The quantitative estimate of drug-likeness (QED) is 0.315. The zero-order chi connectivity index (χ0) is 20.1. The van der Waals surface area contributed by atoms with Gasteiger partial charge in [-0.2, -0.15) is 0 Å². The molecule has 0 fully saturated rings. The van der Waals surface area contributed by atoms with E-state index in [1.165, 1.54) is 24.3 Å². The smallest absolute Gasteiger partial charge is 0.352 e. The van der Waals surface area contributed by atoms with Crippen LogP contribution in [0.25, 0.3) is 0 Å². The van der Waals surface area contributed by atoms with Crippen LogP contribution in [-0.2, 0) is 4.79 Å². The van der Waals surface area contributed by atoms with Crippen molar-refractivity contribution in [2.75, 3.05) is 5.32 Å². The third-order valence-corrected chi connectivity index (χ3v) is 3.54. The first kappa shape index (κ1) is 19.5. The Kier molecular flexibility index (Phi) is 5.83. The Hall–Kier alpha value is -3.79. The van der Waals surface area contributed by atoms with E-state index in [4.69, 9.17) is 11.6 Å². The minimum absolute atomic E-state index is 0.151. The van der Waals surface area contributed by atoms with Gasteiger partial charge >= 0.3 is 5.97 Å². The summed E-state index contributed by atoms with van der Waals surface area (Å²) in [5, 5.41) is 33.8. The van der Waals surface area contributed by atoms with E-state index >= 15 is 0 Å². The van der Waals surface area contributed by atoms with Crippen molar-refractivity contribution in [3.05, 3.63) is 85.1 Å². The summed E-state index contributed by atoms with van der Waals surface area (Å²) in [6, 6.07) is 8.29. The van der Waals surface area contributed by atoms with Gasteiger partial charge in [0.05, 0.1) is 15.9 Å². The zero-order valence-corrected chi connectivity index (χ0v) is 14.0. The fourth-order valence-corrected chi connectivity index (χ4v) is 2.14. The molecule has 138 valence electrons. The Morgan fingerprint density at radius 3 is 2.19 bits per heavy atom. The van der Waals surface area contributed by atoms with Crippen molar-refractivity contribution in [2.24, 2.45) is 0 Å². The third-order valence-electron chi connectivity index (χ3n) is 3.29. The number of hydrogen-bond acceptors (Lipinski definition) is 7. The van der Waals surface area contributed by atoms with Crippen LogP contribution in [0.15, 0.2) is 54.2 Å². The number of carbonyl (C=O) groups is 2. The number of nitro benzene ring substituents is 2. The van der Waals surface area contributed by atoms with Gasteiger partial charge in [-0.15, -0.1) is 0 Å². The maximum Gasteiger partial charge on any atom is 0.352 e. The molecule has 27 heavy (non-hydrogen) atoms. The molecule has 0 aromatic heterocycles. The summed E-state index contributed by atoms with van der Waals surface area (Å²) in [5.74, 6) is -2.23. The number of carboxylic acid groups (broad SMARTS) is 1. The van der Waals surface area contributed by atoms with E-state index in [1.807, 2.05) is 0 Å². The van der Waals surface area contributed by atoms with Crippen LogP contribution >= 0.6 is 11.6 Å². The van der Waals surface area contributed by atoms with E-state index in [9.17, 15) is 34.9 Å². The molecule has 0 radical (unpaired) electrons. The Bertz CT molecular complexity index is 970. The second-order valence-electron chi connectivity index (χ2n) is 5.07. The number of nitrogens with one attached hydrogen (secondary N) is 1. The number of nitro groups is 2. The first-order valence-electron chi connectivity index (χ1n) is 7.14. The van der Waals surface area contributed by atoms with Gasteiger partial charge in [-0.05, 0) is 30.3 Å². The summed E-state index contributed by atoms with van der Waals surface area (Å²) in [6.07, 6.45) is 0.747. The van der Waals surface area contributed by atoms with E-state index in [0.29, 0.717) is 11.1 Å². The van der Waals surface area contributed by atoms with Crippen molar-refractivity contribution in [1.29, 1.82) is 0 Å². The second kappa shape index (κ2) is 8.06. The number of benzene rings is 2. The highest BCUT2D eigenvalue weighted by molar-refractivity contribution is 6.30. The molecule has 2 N–H and O–H groups in total. The number of halogens is 1. The Balaban J connectivity index is 2.40. The number of carbonyl (C=O) groups excluding carboxylic acids is 1. The lowest BCUT2D eigenvalue weighted by Gasteiger charge is -2.08. The van der Waals surface area contributed by atoms with Crippen LogP contribution in [0.5, 0.6) is 0 Å². The first-order valence-corrected chi connectivity index (χ1v) is 7.51. The molecule has 0 atom stereocenters. The number of carboxylic acids is 1. The average Bonchev–Trinajstić information content (AvgIpc) is 2.61. The van der Waals surface area contributed by atoms with Gasteiger partial charge in [-0.1, -0.05) is 11.6 Å². The van der Waals surface area contributed by atoms with Crippen LogP contribution in [0.3, 0.4) is 0 Å². The number of non-ortho nitro benzene ring substituents is 1. The molecule has 2 aromatic carbocycles. The summed E-state index contributed by atoms with van der Waals surface area (Å²) in [5.41, 5.74) is -2.06. The van der Waals surface area contributed by atoms with E-state index < -0.39 is 38.7 Å². The van der Waals surface area contributed by atoms with Gasteiger partial charge in [0, 0.05) is 22.7 Å². The standard InChI is InChI=1S/C16H10ClN3O7/c17-10-3-1-9(2-4-10)15(21)8-13(16(22)23)18-12-6-5-11(19(24)25)7-14(12)20(26)27/h1-8,18H,(H,22,23). The SMILES string of the molecule is O=C(O)C(=CC(=O)c1ccc(Cl)cc1)Nc1ccc([N+](=O)[O-])cc1[N+](=O)[O-]. The van der Waals surface area contributed by atoms with Gasteiger partial charge in [-0.3, -0.25) is 25.0 Å². The number of ketones is 1. The maximum atomic E-state index is 12.2. The second-order valence-corrected chi connectivity index (χ2v) is 5.51. The highest BCUT2D eigenvalue weighted by Gasteiger charge is 2.22. The molecule has 10 nitrogen and oxygen atoms in total. The third kappa shape index (κ3) is 4.86. The lowest BCUT2D eigenvalue weighted by atomic mass is 10.1. The molecule has 0 aliphatic carbocycles. The number of rotatable bonds is 7. The normalized spacial score (nSPS) is 10.9. The van der Waals surface area contributed by atoms with Crippen LogP contribution in [0, 0.1) is 20.2 Å². The van der Waals surface area contributed by atoms with Crippen LogP contribution in [0.4, 0.5) is 17.1 Å². The fourth-order valence-electron chi connectivity index (χ4n) is 2.02. The predicted octanol–water partition coefficient (Wildman–Crippen LogP) is 3.42. The topological polar surface area (TPSA) is 153 Å². The van der Waals surface area contributed by atoms with E-state index in [1.54, 1.807) is 0 Å². The van der Waals surface area contributed by atoms with Gasteiger partial charge < -0.3 is 10.4 Å². The number of aliphatic carboxylic acids is 1. The molecule has 0 aliphatic heterocycles. The Morgan fingerprint density at radius 1 is 1.04 bits per heavy atom. The summed E-state index contributed by atoms with van der Waals surface area (Å²) in [7, 11) is 0. The van der Waals surface area contributed by atoms with Crippen molar-refractivity contribution in [2.45, 2.75) is 0 Å². The summed E-state index contributed by atoms with van der Waals surface area (Å²) in [4.78, 5) is 43.7. The van der Waals surface area contributed by atoms with E-state index in [0.717, 1.165) is 18.2 Å². The summed E-state index contributed by atoms with van der Waals surface area (Å²) in [6.45, 7) is 0. The Morgan fingerprint density at radius 2 is 1.67 bits per heavy atom. The number of anilines is 1. The average molecular weight is 392 g/mol. The summed E-state index contributed by atoms with van der Waals surface area (Å²) >= 11 is 5.72. The van der Waals surface area contributed by atoms with Crippen LogP contribution in [0.2, 0.25) is 5.02 Å². The largest absolute Gasteiger partial charge is 0.477 e. The lowest BCUT2D eigenvalue weighted by molar-refractivity contribution is -0.393. The molecule has 0 amide bonds. The molecule has 2 rings (SSSR count). The number of hydrogen-bond donors (Lipinski definition) is 2. The minimum Gasteiger partial charge on any atom is -0.477 e. The van der Waals surface area contributed by atoms with Crippen LogP contribution in [-0.4, -0.2) is 26.7 Å². The highest BCUT2D eigenvalue weighted by Crippen LogP contribution is 2.30. The van der Waals surface area contributed by atoms with Crippen molar-refractivity contribution < 1.29 is 24.5 Å². The number of nitrogens with zero attached hydrogens (tertiary/aromatic N) is 2. The molecule has 2 aromatic rings. The monoisotopic (exact) mass is 391 g/mol. The first-order chi connectivity index (χ1) is 12.7. The van der Waals surface area contributed by atoms with Gasteiger partial charge in [-0.25, -0.2) is 4.79 Å². The molecular formula is C16H10ClN3O7. The fraction of sp³-hybridized carbons (Fsp3) is 0. The zero-order valence-electron chi connectivity index (χ0n) is 13.3. The van der Waals surface area contributed by atoms with Crippen molar-refractivity contribution in [1.82, 2.24) is 0 Å². The summed E-state index contributed by atoms with van der Waals surface area (Å²) < 4.78 is 0. The lowest BCUT2D eigenvalue weighted by Crippen LogP contribution is -2.14. The van der Waals surface area contributed by atoms with Crippen LogP contribution in [0.1, 0.15) is 10.4 Å². The molecule has 0 saturated carbocycles. The van der Waals surface area contributed by atoms with E-state index in [2.05, 4.69) is 5.32 Å². The predicted molar refractivity (Wildman–Crippen MR) is 94.9 cm³/mol.